The third-order valence-electron chi connectivity index (χ3n) is 6.23. The van der Waals surface area contributed by atoms with E-state index in [0.717, 1.165) is 36.8 Å². The third kappa shape index (κ3) is 5.70. The van der Waals surface area contributed by atoms with Crippen LogP contribution in [0.5, 0.6) is 5.88 Å². The molecule has 0 saturated heterocycles. The van der Waals surface area contributed by atoms with Gasteiger partial charge in [-0.2, -0.15) is 4.99 Å². The summed E-state index contributed by atoms with van der Waals surface area (Å²) in [5, 5.41) is 17.2. The van der Waals surface area contributed by atoms with E-state index in [1.807, 2.05) is 26.8 Å². The SMILES string of the molecule is CC.Cc1cc(OCC2(C(=O)O)CCC2)ncc1-c1ccc(/C(N)=N/C(=N)OC2CCC2)cn1. The van der Waals surface area contributed by atoms with Crippen molar-refractivity contribution in [3.8, 4) is 17.1 Å². The summed E-state index contributed by atoms with van der Waals surface area (Å²) in [5.74, 6) is -0.235. The minimum atomic E-state index is -0.811. The third-order valence-corrected chi connectivity index (χ3v) is 6.23. The highest BCUT2D eigenvalue weighted by molar-refractivity contribution is 6.03. The molecule has 182 valence electrons. The topological polar surface area (TPSA) is 144 Å². The van der Waals surface area contributed by atoms with Crippen LogP contribution in [0.4, 0.5) is 0 Å². The predicted molar refractivity (Wildman–Crippen MR) is 130 cm³/mol. The van der Waals surface area contributed by atoms with Crippen molar-refractivity contribution in [3.63, 3.8) is 0 Å². The molecule has 2 fully saturated rings. The molecule has 0 spiro atoms. The van der Waals surface area contributed by atoms with Gasteiger partial charge in [-0.25, -0.2) is 10.4 Å². The van der Waals surface area contributed by atoms with Gasteiger partial charge in [-0.3, -0.25) is 9.78 Å². The summed E-state index contributed by atoms with van der Waals surface area (Å²) in [6.07, 6.45) is 8.53. The maximum absolute atomic E-state index is 11.5. The van der Waals surface area contributed by atoms with Crippen LogP contribution in [0.3, 0.4) is 0 Å². The van der Waals surface area contributed by atoms with Gasteiger partial charge in [0.2, 0.25) is 5.88 Å². The summed E-state index contributed by atoms with van der Waals surface area (Å²) in [7, 11) is 0. The molecule has 2 aromatic heterocycles. The summed E-state index contributed by atoms with van der Waals surface area (Å²) < 4.78 is 11.1. The zero-order valence-corrected chi connectivity index (χ0v) is 20.0. The molecule has 2 aliphatic carbocycles. The number of pyridine rings is 2. The minimum Gasteiger partial charge on any atom is -0.481 e. The van der Waals surface area contributed by atoms with Crippen molar-refractivity contribution in [2.45, 2.75) is 65.4 Å². The molecule has 0 unspecified atom stereocenters. The monoisotopic (exact) mass is 467 g/mol. The second kappa shape index (κ2) is 11.1. The van der Waals surface area contributed by atoms with E-state index in [1.165, 1.54) is 0 Å². The molecule has 0 aliphatic heterocycles. The van der Waals surface area contributed by atoms with Gasteiger partial charge in [-0.15, -0.1) is 0 Å². The molecule has 0 bridgehead atoms. The normalized spacial score (nSPS) is 16.9. The number of aliphatic carboxylic acids is 1. The molecule has 2 saturated carbocycles. The van der Waals surface area contributed by atoms with Gasteiger partial charge in [-0.1, -0.05) is 20.3 Å². The van der Waals surface area contributed by atoms with Crippen LogP contribution >= 0.6 is 0 Å². The molecule has 9 nitrogen and oxygen atoms in total. The fourth-order valence-corrected chi connectivity index (χ4v) is 3.66. The van der Waals surface area contributed by atoms with Crippen LogP contribution in [0.2, 0.25) is 0 Å². The van der Waals surface area contributed by atoms with Gasteiger partial charge in [0.05, 0.1) is 5.69 Å². The Morgan fingerprint density at radius 3 is 2.47 bits per heavy atom. The molecule has 9 heteroatoms. The number of hydrogen-bond donors (Lipinski definition) is 3. The number of carboxylic acid groups (broad SMARTS) is 1. The fraction of sp³-hybridized carbons (Fsp3) is 0.480. The first kappa shape index (κ1) is 25.1. The molecule has 2 heterocycles. The lowest BCUT2D eigenvalue weighted by atomic mass is 9.69. The first-order valence-corrected chi connectivity index (χ1v) is 11.8. The van der Waals surface area contributed by atoms with Crippen molar-refractivity contribution in [2.75, 3.05) is 6.61 Å². The van der Waals surface area contributed by atoms with Crippen LogP contribution in [0.15, 0.2) is 35.6 Å². The van der Waals surface area contributed by atoms with Gasteiger partial charge in [0.15, 0.2) is 0 Å². The second-order valence-electron chi connectivity index (χ2n) is 8.47. The Balaban J connectivity index is 0.00000158. The van der Waals surface area contributed by atoms with Crippen LogP contribution in [-0.2, 0) is 9.53 Å². The Hall–Kier alpha value is -3.49. The van der Waals surface area contributed by atoms with Gasteiger partial charge in [0.1, 0.15) is 24.0 Å². The van der Waals surface area contributed by atoms with Gasteiger partial charge >= 0.3 is 12.0 Å². The summed E-state index contributed by atoms with van der Waals surface area (Å²) in [4.78, 5) is 24.3. The lowest BCUT2D eigenvalue weighted by Crippen LogP contribution is -2.43. The molecule has 0 radical (unpaired) electrons. The van der Waals surface area contributed by atoms with E-state index < -0.39 is 11.4 Å². The molecule has 4 rings (SSSR count). The first-order chi connectivity index (χ1) is 16.4. The van der Waals surface area contributed by atoms with E-state index in [9.17, 15) is 9.90 Å². The van der Waals surface area contributed by atoms with E-state index in [-0.39, 0.29) is 24.6 Å². The van der Waals surface area contributed by atoms with Gasteiger partial charge in [0, 0.05) is 29.6 Å². The van der Waals surface area contributed by atoms with E-state index in [1.54, 1.807) is 24.5 Å². The highest BCUT2D eigenvalue weighted by Crippen LogP contribution is 2.41. The van der Waals surface area contributed by atoms with E-state index in [0.29, 0.717) is 30.0 Å². The molecule has 0 atom stereocenters. The molecule has 4 N–H and O–H groups in total. The number of nitrogens with zero attached hydrogens (tertiary/aromatic N) is 3. The first-order valence-electron chi connectivity index (χ1n) is 11.8. The largest absolute Gasteiger partial charge is 0.481 e. The average Bonchev–Trinajstić information content (AvgIpc) is 2.77. The van der Waals surface area contributed by atoms with Crippen LogP contribution in [0.1, 0.15) is 63.5 Å². The zero-order chi connectivity index (χ0) is 24.7. The highest BCUT2D eigenvalue weighted by Gasteiger charge is 2.45. The number of aryl methyl sites for hydroxylation is 1. The maximum atomic E-state index is 11.5. The van der Waals surface area contributed by atoms with Crippen molar-refractivity contribution < 1.29 is 19.4 Å². The number of carboxylic acids is 1. The van der Waals surface area contributed by atoms with Crippen LogP contribution in [-0.4, -0.2) is 45.6 Å². The minimum absolute atomic E-state index is 0.0744. The van der Waals surface area contributed by atoms with E-state index >= 15 is 0 Å². The smallest absolute Gasteiger partial charge is 0.313 e. The summed E-state index contributed by atoms with van der Waals surface area (Å²) in [6.45, 7) is 6.05. The van der Waals surface area contributed by atoms with Crippen molar-refractivity contribution in [1.82, 2.24) is 9.97 Å². The maximum Gasteiger partial charge on any atom is 0.313 e. The summed E-state index contributed by atoms with van der Waals surface area (Å²) >= 11 is 0. The van der Waals surface area contributed by atoms with E-state index in [4.69, 9.17) is 20.6 Å². The number of carbonyl (C=O) groups is 1. The molecular weight excluding hydrogens is 434 g/mol. The average molecular weight is 468 g/mol. The van der Waals surface area contributed by atoms with Crippen molar-refractivity contribution in [1.29, 1.82) is 5.41 Å². The fourth-order valence-electron chi connectivity index (χ4n) is 3.66. The number of amidine groups is 2. The van der Waals surface area contributed by atoms with E-state index in [2.05, 4.69) is 15.0 Å². The highest BCUT2D eigenvalue weighted by atomic mass is 16.5. The summed E-state index contributed by atoms with van der Waals surface area (Å²) in [6, 6.07) is 5.20. The van der Waals surface area contributed by atoms with Crippen LogP contribution in [0.25, 0.3) is 11.3 Å². The molecule has 34 heavy (non-hydrogen) atoms. The molecule has 2 aromatic rings. The van der Waals surface area contributed by atoms with Gasteiger partial charge < -0.3 is 20.3 Å². The number of ether oxygens (including phenoxy) is 2. The number of aliphatic imine (C=N–C) groups is 1. The Bertz CT molecular complexity index is 1040. The number of aromatic nitrogens is 2. The Kier molecular flexibility index (Phi) is 8.20. The van der Waals surface area contributed by atoms with Gasteiger partial charge in [0.25, 0.3) is 0 Å². The Morgan fingerprint density at radius 2 is 1.97 bits per heavy atom. The molecular formula is C25H33N5O4. The van der Waals surface area contributed by atoms with Crippen LogP contribution in [0, 0.1) is 17.7 Å². The molecule has 0 aromatic carbocycles. The summed E-state index contributed by atoms with van der Waals surface area (Å²) in [5.41, 5.74) is 8.25. The molecule has 2 aliphatic rings. The lowest BCUT2D eigenvalue weighted by molar-refractivity contribution is -0.157. The van der Waals surface area contributed by atoms with Gasteiger partial charge in [-0.05, 0) is 56.7 Å². The van der Waals surface area contributed by atoms with Crippen molar-refractivity contribution in [2.24, 2.45) is 16.1 Å². The van der Waals surface area contributed by atoms with Crippen LogP contribution < -0.4 is 10.5 Å². The Labute approximate surface area is 199 Å². The van der Waals surface area contributed by atoms with Crippen molar-refractivity contribution >= 4 is 17.8 Å². The molecule has 0 amide bonds. The number of hydrogen-bond acceptors (Lipinski definition) is 6. The second-order valence-corrected chi connectivity index (χ2v) is 8.47. The van der Waals surface area contributed by atoms with Crippen molar-refractivity contribution in [3.05, 3.63) is 41.7 Å². The number of rotatable bonds is 7. The predicted octanol–water partition coefficient (Wildman–Crippen LogP) is 4.32. The zero-order valence-electron chi connectivity index (χ0n) is 20.0. The Morgan fingerprint density at radius 1 is 1.24 bits per heavy atom. The number of nitrogens with two attached hydrogens (primary N) is 1. The quantitative estimate of drug-likeness (QED) is 0.406. The standard InChI is InChI=1S/C23H27N5O4.C2H6/c1-14-10-19(31-13-23(21(29)30)8-3-9-23)27-12-17(14)18-7-6-15(11-26-18)20(24)28-22(25)32-16-4-2-5-16;1-2/h6-7,10-12,16H,2-5,8-9,13H2,1H3,(H,29,30)(H3,24,25,28);1-2H3. The number of nitrogens with one attached hydrogen (secondary N) is 1. The lowest BCUT2D eigenvalue weighted by Gasteiger charge is -2.36.